The van der Waals surface area contributed by atoms with E-state index in [2.05, 4.69) is 5.32 Å². The fourth-order valence-electron chi connectivity index (χ4n) is 3.67. The fraction of sp³-hybridized carbons (Fsp3) is 0.579. The molecular formula is C19H26N2O2S. The van der Waals surface area contributed by atoms with Gasteiger partial charge < -0.3 is 9.88 Å². The summed E-state index contributed by atoms with van der Waals surface area (Å²) in [4.78, 5) is 26.4. The number of thiophene rings is 1. The summed E-state index contributed by atoms with van der Waals surface area (Å²) in [5, 5.41) is 3.68. The van der Waals surface area contributed by atoms with Gasteiger partial charge in [0.15, 0.2) is 0 Å². The maximum absolute atomic E-state index is 12.8. The first-order valence-corrected chi connectivity index (χ1v) is 9.84. The third-order valence-corrected chi connectivity index (χ3v) is 6.03. The van der Waals surface area contributed by atoms with Gasteiger partial charge in [0.25, 0.3) is 11.5 Å². The molecule has 0 atom stereocenters. The molecule has 0 unspecified atom stereocenters. The molecule has 4 nitrogen and oxygen atoms in total. The lowest BCUT2D eigenvalue weighted by molar-refractivity contribution is 0.0945. The average Bonchev–Trinajstić information content (AvgIpc) is 2.93. The number of fused-ring (bicyclic) bond motifs is 1. The molecule has 1 aliphatic rings. The van der Waals surface area contributed by atoms with Crippen LogP contribution in [0, 0.1) is 12.8 Å². The second-order valence-electron chi connectivity index (χ2n) is 6.80. The number of amides is 1. The van der Waals surface area contributed by atoms with E-state index in [1.807, 2.05) is 26.1 Å². The highest BCUT2D eigenvalue weighted by Gasteiger charge is 2.21. The van der Waals surface area contributed by atoms with E-state index in [-0.39, 0.29) is 11.5 Å². The second-order valence-corrected chi connectivity index (χ2v) is 8.06. The second kappa shape index (κ2) is 7.51. The molecule has 1 amide bonds. The van der Waals surface area contributed by atoms with Gasteiger partial charge in [-0.1, -0.05) is 26.2 Å². The van der Waals surface area contributed by atoms with Crippen molar-refractivity contribution in [1.82, 2.24) is 9.88 Å². The summed E-state index contributed by atoms with van der Waals surface area (Å²) in [6, 6.07) is 1.96. The minimum atomic E-state index is -0.0873. The average molecular weight is 346 g/mol. The molecule has 0 bridgehead atoms. The lowest BCUT2D eigenvalue weighted by Gasteiger charge is -2.21. The van der Waals surface area contributed by atoms with Crippen molar-refractivity contribution in [3.8, 4) is 0 Å². The van der Waals surface area contributed by atoms with Crippen LogP contribution in [0.2, 0.25) is 0 Å². The van der Waals surface area contributed by atoms with Crippen molar-refractivity contribution in [3.05, 3.63) is 33.1 Å². The number of hydrogen-bond donors (Lipinski definition) is 1. The lowest BCUT2D eigenvalue weighted by Crippen LogP contribution is -2.31. The van der Waals surface area contributed by atoms with Crippen LogP contribution in [0.5, 0.6) is 0 Å². The van der Waals surface area contributed by atoms with E-state index in [0.717, 1.165) is 22.5 Å². The summed E-state index contributed by atoms with van der Waals surface area (Å²) in [5.41, 5.74) is 0.544. The number of rotatable bonds is 5. The highest BCUT2D eigenvalue weighted by atomic mass is 32.1. The Morgan fingerprint density at radius 3 is 2.79 bits per heavy atom. The van der Waals surface area contributed by atoms with Crippen molar-refractivity contribution in [1.29, 1.82) is 0 Å². The van der Waals surface area contributed by atoms with E-state index < -0.39 is 0 Å². The predicted molar refractivity (Wildman–Crippen MR) is 100 cm³/mol. The number of aromatic nitrogens is 1. The number of nitrogens with zero attached hydrogens (tertiary/aromatic N) is 1. The monoisotopic (exact) mass is 346 g/mol. The Balaban J connectivity index is 1.87. The Kier molecular flexibility index (Phi) is 5.39. The Bertz CT molecular complexity index is 784. The van der Waals surface area contributed by atoms with Gasteiger partial charge in [0.1, 0.15) is 0 Å². The van der Waals surface area contributed by atoms with Crippen molar-refractivity contribution in [2.75, 3.05) is 6.54 Å². The van der Waals surface area contributed by atoms with E-state index in [1.165, 1.54) is 43.4 Å². The zero-order valence-electron chi connectivity index (χ0n) is 14.6. The number of hydrogen-bond acceptors (Lipinski definition) is 3. The van der Waals surface area contributed by atoms with Crippen LogP contribution in [0.1, 0.15) is 60.7 Å². The maximum atomic E-state index is 12.8. The van der Waals surface area contributed by atoms with Crippen LogP contribution < -0.4 is 10.9 Å². The Morgan fingerprint density at radius 2 is 2.08 bits per heavy atom. The Morgan fingerprint density at radius 1 is 1.33 bits per heavy atom. The normalized spacial score (nSPS) is 15.8. The third kappa shape index (κ3) is 3.41. The van der Waals surface area contributed by atoms with Gasteiger partial charge in [-0.15, -0.1) is 11.3 Å². The van der Waals surface area contributed by atoms with Gasteiger partial charge in [0, 0.05) is 28.9 Å². The zero-order chi connectivity index (χ0) is 17.1. The Labute approximate surface area is 146 Å². The van der Waals surface area contributed by atoms with E-state index in [4.69, 9.17) is 0 Å². The lowest BCUT2D eigenvalue weighted by atomic mass is 9.89. The molecule has 1 aliphatic carbocycles. The number of carbonyl (C=O) groups excluding carboxylic acids is 1. The molecule has 0 aliphatic heterocycles. The molecule has 5 heteroatoms. The highest BCUT2D eigenvalue weighted by molar-refractivity contribution is 7.19. The first kappa shape index (κ1) is 17.2. The molecule has 2 aromatic rings. The molecule has 0 spiro atoms. The van der Waals surface area contributed by atoms with Gasteiger partial charge in [0.2, 0.25) is 0 Å². The van der Waals surface area contributed by atoms with Crippen molar-refractivity contribution in [2.45, 2.75) is 58.9 Å². The summed E-state index contributed by atoms with van der Waals surface area (Å²) in [5.74, 6) is 0.500. The molecular weight excluding hydrogens is 320 g/mol. The first-order chi connectivity index (χ1) is 11.6. The largest absolute Gasteiger partial charge is 0.352 e. The maximum Gasteiger partial charge on any atom is 0.260 e. The van der Waals surface area contributed by atoms with E-state index in [0.29, 0.717) is 23.4 Å². The number of pyridine rings is 1. The van der Waals surface area contributed by atoms with Crippen LogP contribution in [0.25, 0.3) is 10.1 Å². The molecule has 24 heavy (non-hydrogen) atoms. The minimum absolute atomic E-state index is 0.0403. The summed E-state index contributed by atoms with van der Waals surface area (Å²) in [6.07, 6.45) is 8.99. The smallest absolute Gasteiger partial charge is 0.260 e. The van der Waals surface area contributed by atoms with Crippen molar-refractivity contribution < 1.29 is 4.79 Å². The summed E-state index contributed by atoms with van der Waals surface area (Å²) < 4.78 is 2.62. The molecule has 2 heterocycles. The molecule has 0 saturated heterocycles. The number of aryl methyl sites for hydroxylation is 2. The van der Waals surface area contributed by atoms with Crippen molar-refractivity contribution in [3.63, 3.8) is 0 Å². The number of nitrogens with one attached hydrogen (secondary N) is 1. The van der Waals surface area contributed by atoms with Crippen LogP contribution in [0.3, 0.4) is 0 Å². The standard InChI is InChI=1S/C19H26N2O2S/c1-3-10-21-11-9-15-17(19(21)23)16(13(2)24-15)18(22)20-12-14-7-5-4-6-8-14/h9,11,14H,3-8,10,12H2,1-2H3,(H,20,22). The topological polar surface area (TPSA) is 51.1 Å². The predicted octanol–water partition coefficient (Wildman–Crippen LogP) is 4.09. The molecule has 2 aromatic heterocycles. The van der Waals surface area contributed by atoms with Crippen molar-refractivity contribution in [2.24, 2.45) is 5.92 Å². The van der Waals surface area contributed by atoms with Gasteiger partial charge in [-0.3, -0.25) is 9.59 Å². The Hall–Kier alpha value is -1.62. The molecule has 1 N–H and O–H groups in total. The van der Waals surface area contributed by atoms with Crippen LogP contribution in [0.4, 0.5) is 0 Å². The molecule has 0 radical (unpaired) electrons. The fourth-order valence-corrected chi connectivity index (χ4v) is 4.72. The van der Waals surface area contributed by atoms with Crippen LogP contribution >= 0.6 is 11.3 Å². The van der Waals surface area contributed by atoms with E-state index in [1.54, 1.807) is 4.57 Å². The van der Waals surface area contributed by atoms with Crippen LogP contribution in [0.15, 0.2) is 17.1 Å². The molecule has 130 valence electrons. The van der Waals surface area contributed by atoms with Crippen molar-refractivity contribution >= 4 is 27.3 Å². The van der Waals surface area contributed by atoms with E-state index in [9.17, 15) is 9.59 Å². The highest BCUT2D eigenvalue weighted by Crippen LogP contribution is 2.29. The molecule has 3 rings (SSSR count). The van der Waals surface area contributed by atoms with Crippen LogP contribution in [-0.4, -0.2) is 17.0 Å². The van der Waals surface area contributed by atoms with Crippen LogP contribution in [-0.2, 0) is 6.54 Å². The first-order valence-electron chi connectivity index (χ1n) is 9.02. The van der Waals surface area contributed by atoms with Gasteiger partial charge in [-0.2, -0.15) is 0 Å². The quantitative estimate of drug-likeness (QED) is 0.886. The van der Waals surface area contributed by atoms with E-state index >= 15 is 0 Å². The van der Waals surface area contributed by atoms with Gasteiger partial charge in [-0.05, 0) is 38.2 Å². The summed E-state index contributed by atoms with van der Waals surface area (Å²) in [6.45, 7) is 5.40. The zero-order valence-corrected chi connectivity index (χ0v) is 15.4. The molecule has 0 aromatic carbocycles. The molecule has 1 saturated carbocycles. The summed E-state index contributed by atoms with van der Waals surface area (Å²) in [7, 11) is 0. The van der Waals surface area contributed by atoms with Gasteiger partial charge in [0.05, 0.1) is 10.9 Å². The van der Waals surface area contributed by atoms with Gasteiger partial charge >= 0.3 is 0 Å². The molecule has 1 fully saturated rings. The minimum Gasteiger partial charge on any atom is -0.352 e. The third-order valence-electron chi connectivity index (χ3n) is 4.96. The summed E-state index contributed by atoms with van der Waals surface area (Å²) >= 11 is 1.54. The SMILES string of the molecule is CCCn1ccc2sc(C)c(C(=O)NCC3CCCCC3)c2c1=O. The number of carbonyl (C=O) groups is 1. The van der Waals surface area contributed by atoms with Gasteiger partial charge in [-0.25, -0.2) is 0 Å².